The van der Waals surface area contributed by atoms with Gasteiger partial charge in [-0.25, -0.2) is 4.68 Å². The van der Waals surface area contributed by atoms with E-state index in [9.17, 15) is 4.79 Å². The van der Waals surface area contributed by atoms with Crippen molar-refractivity contribution in [3.63, 3.8) is 0 Å². The number of carbonyl (C=O) groups excluding carboxylic acids is 1. The van der Waals surface area contributed by atoms with Crippen molar-refractivity contribution in [2.45, 2.75) is 13.2 Å². The number of ether oxygens (including phenoxy) is 1. The molecule has 0 saturated heterocycles. The van der Waals surface area contributed by atoms with Crippen molar-refractivity contribution >= 4 is 6.29 Å². The lowest BCUT2D eigenvalue weighted by molar-refractivity contribution is 0.112. The highest BCUT2D eigenvalue weighted by Crippen LogP contribution is 2.22. The number of benzene rings is 1. The molecular formula is C12H10N2O2. The van der Waals surface area contributed by atoms with Gasteiger partial charge in [-0.1, -0.05) is 0 Å². The Morgan fingerprint density at radius 2 is 2.06 bits per heavy atom. The van der Waals surface area contributed by atoms with Crippen LogP contribution in [0.3, 0.4) is 0 Å². The van der Waals surface area contributed by atoms with Crippen LogP contribution in [0, 0.1) is 0 Å². The van der Waals surface area contributed by atoms with Crippen LogP contribution in [0.4, 0.5) is 0 Å². The first-order valence-electron chi connectivity index (χ1n) is 5.07. The summed E-state index contributed by atoms with van der Waals surface area (Å²) in [6.07, 6.45) is 2.66. The van der Waals surface area contributed by atoms with Gasteiger partial charge in [0.25, 0.3) is 0 Å². The second-order valence-electron chi connectivity index (χ2n) is 3.73. The van der Waals surface area contributed by atoms with Crippen molar-refractivity contribution in [2.75, 3.05) is 0 Å². The number of carbonyl (C=O) groups is 1. The highest BCUT2D eigenvalue weighted by atomic mass is 16.5. The van der Waals surface area contributed by atoms with Gasteiger partial charge in [0.15, 0.2) is 0 Å². The predicted molar refractivity (Wildman–Crippen MR) is 57.4 cm³/mol. The van der Waals surface area contributed by atoms with Gasteiger partial charge in [-0.05, 0) is 24.3 Å². The number of fused-ring (bicyclic) bond motifs is 1. The van der Waals surface area contributed by atoms with E-state index in [-0.39, 0.29) is 0 Å². The molecule has 0 bridgehead atoms. The lowest BCUT2D eigenvalue weighted by atomic mass is 10.2. The SMILES string of the molecule is O=Cc1ccc(-n2ncc3c2COC3)cc1. The van der Waals surface area contributed by atoms with Crippen LogP contribution in [0.5, 0.6) is 0 Å². The summed E-state index contributed by atoms with van der Waals surface area (Å²) in [6.45, 7) is 1.24. The largest absolute Gasteiger partial charge is 0.370 e. The molecule has 2 heterocycles. The Bertz CT molecular complexity index is 528. The van der Waals surface area contributed by atoms with E-state index >= 15 is 0 Å². The van der Waals surface area contributed by atoms with Crippen molar-refractivity contribution in [2.24, 2.45) is 0 Å². The van der Waals surface area contributed by atoms with Crippen molar-refractivity contribution in [1.29, 1.82) is 0 Å². The highest BCUT2D eigenvalue weighted by molar-refractivity contribution is 5.75. The summed E-state index contributed by atoms with van der Waals surface area (Å²) in [7, 11) is 0. The summed E-state index contributed by atoms with van der Waals surface area (Å²) in [5.74, 6) is 0. The van der Waals surface area contributed by atoms with Crippen LogP contribution in [0.1, 0.15) is 21.6 Å². The van der Waals surface area contributed by atoms with Gasteiger partial charge in [0.1, 0.15) is 6.29 Å². The molecule has 0 amide bonds. The molecule has 16 heavy (non-hydrogen) atoms. The van der Waals surface area contributed by atoms with Crippen LogP contribution in [-0.4, -0.2) is 16.1 Å². The molecule has 0 spiro atoms. The molecule has 2 aromatic rings. The molecule has 1 aromatic heterocycles. The summed E-state index contributed by atoms with van der Waals surface area (Å²) in [4.78, 5) is 10.5. The van der Waals surface area contributed by atoms with Gasteiger partial charge in [0.2, 0.25) is 0 Å². The predicted octanol–water partition coefficient (Wildman–Crippen LogP) is 1.72. The summed E-state index contributed by atoms with van der Waals surface area (Å²) in [5, 5.41) is 4.31. The lowest BCUT2D eigenvalue weighted by Gasteiger charge is -2.04. The fourth-order valence-electron chi connectivity index (χ4n) is 1.86. The van der Waals surface area contributed by atoms with E-state index in [1.54, 1.807) is 12.1 Å². The minimum Gasteiger partial charge on any atom is -0.370 e. The van der Waals surface area contributed by atoms with Gasteiger partial charge >= 0.3 is 0 Å². The molecule has 1 aliphatic rings. The van der Waals surface area contributed by atoms with Crippen molar-refractivity contribution in [3.05, 3.63) is 47.3 Å². The second kappa shape index (κ2) is 3.57. The number of hydrogen-bond donors (Lipinski definition) is 0. The molecule has 80 valence electrons. The maximum absolute atomic E-state index is 10.5. The maximum atomic E-state index is 10.5. The molecule has 0 unspecified atom stereocenters. The first kappa shape index (κ1) is 9.30. The van der Waals surface area contributed by atoms with Gasteiger partial charge in [-0.2, -0.15) is 5.10 Å². The molecule has 0 radical (unpaired) electrons. The van der Waals surface area contributed by atoms with E-state index in [1.807, 2.05) is 23.0 Å². The minimum atomic E-state index is 0.602. The number of nitrogens with zero attached hydrogens (tertiary/aromatic N) is 2. The molecular weight excluding hydrogens is 204 g/mol. The third-order valence-corrected chi connectivity index (χ3v) is 2.73. The van der Waals surface area contributed by atoms with Gasteiger partial charge in [-0.15, -0.1) is 0 Å². The molecule has 1 aromatic carbocycles. The third kappa shape index (κ3) is 1.35. The molecule has 3 rings (SSSR count). The Morgan fingerprint density at radius 1 is 1.25 bits per heavy atom. The summed E-state index contributed by atoms with van der Waals surface area (Å²) >= 11 is 0. The molecule has 1 aliphatic heterocycles. The summed E-state index contributed by atoms with van der Waals surface area (Å²) in [5.41, 5.74) is 3.86. The van der Waals surface area contributed by atoms with E-state index in [0.717, 1.165) is 23.2 Å². The highest BCUT2D eigenvalue weighted by Gasteiger charge is 2.17. The molecule has 0 atom stereocenters. The Kier molecular flexibility index (Phi) is 2.08. The van der Waals surface area contributed by atoms with E-state index in [0.29, 0.717) is 18.8 Å². The Labute approximate surface area is 92.5 Å². The molecule has 4 nitrogen and oxygen atoms in total. The van der Waals surface area contributed by atoms with Gasteiger partial charge in [-0.3, -0.25) is 4.79 Å². The van der Waals surface area contributed by atoms with Crippen LogP contribution >= 0.6 is 0 Å². The zero-order valence-corrected chi connectivity index (χ0v) is 8.59. The smallest absolute Gasteiger partial charge is 0.150 e. The Hall–Kier alpha value is -1.94. The zero-order chi connectivity index (χ0) is 11.0. The van der Waals surface area contributed by atoms with Crippen molar-refractivity contribution in [3.8, 4) is 5.69 Å². The normalized spacial score (nSPS) is 13.8. The molecule has 4 heteroatoms. The lowest BCUT2D eigenvalue weighted by Crippen LogP contribution is -2.01. The molecule has 0 N–H and O–H groups in total. The number of rotatable bonds is 2. The third-order valence-electron chi connectivity index (χ3n) is 2.73. The maximum Gasteiger partial charge on any atom is 0.150 e. The summed E-state index contributed by atoms with van der Waals surface area (Å²) in [6, 6.07) is 7.34. The van der Waals surface area contributed by atoms with Crippen LogP contribution < -0.4 is 0 Å². The van der Waals surface area contributed by atoms with E-state index in [1.165, 1.54) is 0 Å². The second-order valence-corrected chi connectivity index (χ2v) is 3.73. The fraction of sp³-hybridized carbons (Fsp3) is 0.167. The monoisotopic (exact) mass is 214 g/mol. The molecule has 0 fully saturated rings. The van der Waals surface area contributed by atoms with Gasteiger partial charge in [0, 0.05) is 11.1 Å². The van der Waals surface area contributed by atoms with Crippen molar-refractivity contribution < 1.29 is 9.53 Å². The summed E-state index contributed by atoms with van der Waals surface area (Å²) < 4.78 is 7.20. The van der Waals surface area contributed by atoms with Crippen LogP contribution in [0.25, 0.3) is 5.69 Å². The molecule has 0 aliphatic carbocycles. The first-order chi connectivity index (χ1) is 7.88. The average molecular weight is 214 g/mol. The van der Waals surface area contributed by atoms with E-state index < -0.39 is 0 Å². The number of aldehydes is 1. The zero-order valence-electron chi connectivity index (χ0n) is 8.59. The quantitative estimate of drug-likeness (QED) is 0.715. The van der Waals surface area contributed by atoms with Crippen LogP contribution in [-0.2, 0) is 18.0 Å². The first-order valence-corrected chi connectivity index (χ1v) is 5.07. The standard InChI is InChI=1S/C12H10N2O2/c15-6-9-1-3-11(4-2-9)14-12-8-16-7-10(12)5-13-14/h1-6H,7-8H2. The fourth-order valence-corrected chi connectivity index (χ4v) is 1.86. The van der Waals surface area contributed by atoms with Crippen molar-refractivity contribution in [1.82, 2.24) is 9.78 Å². The number of aromatic nitrogens is 2. The minimum absolute atomic E-state index is 0.602. The Morgan fingerprint density at radius 3 is 2.81 bits per heavy atom. The van der Waals surface area contributed by atoms with E-state index in [2.05, 4.69) is 5.10 Å². The van der Waals surface area contributed by atoms with E-state index in [4.69, 9.17) is 4.74 Å². The topological polar surface area (TPSA) is 44.1 Å². The Balaban J connectivity index is 2.04. The van der Waals surface area contributed by atoms with Crippen LogP contribution in [0.15, 0.2) is 30.5 Å². The molecule has 0 saturated carbocycles. The average Bonchev–Trinajstić information content (AvgIpc) is 2.91. The number of hydrogen-bond acceptors (Lipinski definition) is 3. The van der Waals surface area contributed by atoms with Crippen LogP contribution in [0.2, 0.25) is 0 Å². The van der Waals surface area contributed by atoms with Gasteiger partial charge < -0.3 is 4.74 Å². The van der Waals surface area contributed by atoms with Gasteiger partial charge in [0.05, 0.1) is 30.8 Å².